The maximum Gasteiger partial charge on any atom is 0.261 e. The minimum absolute atomic E-state index is 0.0162. The van der Waals surface area contributed by atoms with E-state index in [9.17, 15) is 4.79 Å². The minimum atomic E-state index is 0.0162. The fourth-order valence-electron chi connectivity index (χ4n) is 2.44. The van der Waals surface area contributed by atoms with E-state index in [1.165, 1.54) is 5.56 Å². The number of aromatic nitrogens is 2. The van der Waals surface area contributed by atoms with Crippen molar-refractivity contribution in [2.24, 2.45) is 0 Å². The highest BCUT2D eigenvalue weighted by molar-refractivity contribution is 9.09. The summed E-state index contributed by atoms with van der Waals surface area (Å²) in [5, 5.41) is 1.47. The second-order valence-corrected chi connectivity index (χ2v) is 5.63. The number of halogens is 1. The third-order valence-corrected chi connectivity index (χ3v) is 4.39. The molecular weight excluding hydrogens is 328 g/mol. The van der Waals surface area contributed by atoms with Gasteiger partial charge in [-0.25, -0.2) is 4.98 Å². The van der Waals surface area contributed by atoms with Crippen LogP contribution in [-0.2, 0) is 6.54 Å². The lowest BCUT2D eigenvalue weighted by Gasteiger charge is -2.16. The fourth-order valence-corrected chi connectivity index (χ4v) is 3.02. The van der Waals surface area contributed by atoms with E-state index < -0.39 is 0 Å². The highest BCUT2D eigenvalue weighted by atomic mass is 79.9. The molecule has 3 aromatic rings. The van der Waals surface area contributed by atoms with Crippen molar-refractivity contribution in [3.8, 4) is 0 Å². The Morgan fingerprint density at radius 3 is 2.52 bits per heavy atom. The lowest BCUT2D eigenvalue weighted by atomic mass is 10.0. The van der Waals surface area contributed by atoms with Crippen LogP contribution in [0.1, 0.15) is 11.5 Å². The van der Waals surface area contributed by atoms with E-state index in [0.29, 0.717) is 11.9 Å². The average molecular weight is 343 g/mol. The molecule has 1 atom stereocenters. The van der Waals surface area contributed by atoms with Crippen LogP contribution in [0.25, 0.3) is 10.9 Å². The van der Waals surface area contributed by atoms with Crippen LogP contribution >= 0.6 is 15.9 Å². The van der Waals surface area contributed by atoms with Crippen molar-refractivity contribution >= 4 is 26.8 Å². The number of hydrogen-bond acceptors (Lipinski definition) is 2. The SMILES string of the molecule is O=c1c2ccccc2ncn1CC(CBr)c1ccccc1. The molecule has 0 spiro atoms. The number of para-hydroxylation sites is 1. The van der Waals surface area contributed by atoms with Gasteiger partial charge in [-0.05, 0) is 17.7 Å². The predicted molar refractivity (Wildman–Crippen MR) is 89.0 cm³/mol. The van der Waals surface area contributed by atoms with Crippen LogP contribution in [0.3, 0.4) is 0 Å². The Balaban J connectivity index is 1.97. The number of benzene rings is 2. The summed E-state index contributed by atoms with van der Waals surface area (Å²) in [6, 6.07) is 17.7. The highest BCUT2D eigenvalue weighted by Gasteiger charge is 2.12. The summed E-state index contributed by atoms with van der Waals surface area (Å²) >= 11 is 3.55. The summed E-state index contributed by atoms with van der Waals surface area (Å²) in [5.74, 6) is 0.242. The number of nitrogens with zero attached hydrogens (tertiary/aromatic N) is 2. The normalized spacial score (nSPS) is 12.4. The molecule has 106 valence electrons. The molecule has 0 amide bonds. The van der Waals surface area contributed by atoms with Crippen LogP contribution in [0.5, 0.6) is 0 Å². The van der Waals surface area contributed by atoms with Crippen LogP contribution in [0.2, 0.25) is 0 Å². The maximum absolute atomic E-state index is 12.5. The van der Waals surface area contributed by atoms with Gasteiger partial charge in [-0.2, -0.15) is 0 Å². The molecule has 2 aromatic carbocycles. The monoisotopic (exact) mass is 342 g/mol. The van der Waals surface area contributed by atoms with E-state index in [-0.39, 0.29) is 11.5 Å². The molecule has 0 radical (unpaired) electrons. The van der Waals surface area contributed by atoms with Crippen LogP contribution in [-0.4, -0.2) is 14.9 Å². The van der Waals surface area contributed by atoms with E-state index in [1.54, 1.807) is 10.9 Å². The lowest BCUT2D eigenvalue weighted by Crippen LogP contribution is -2.24. The van der Waals surface area contributed by atoms with Crippen molar-refractivity contribution < 1.29 is 0 Å². The topological polar surface area (TPSA) is 34.9 Å². The van der Waals surface area contributed by atoms with Gasteiger partial charge in [-0.3, -0.25) is 9.36 Å². The zero-order valence-corrected chi connectivity index (χ0v) is 13.0. The third kappa shape index (κ3) is 2.90. The third-order valence-electron chi connectivity index (χ3n) is 3.61. The second-order valence-electron chi connectivity index (χ2n) is 4.98. The predicted octanol–water partition coefficient (Wildman–Crippen LogP) is 3.58. The van der Waals surface area contributed by atoms with Crippen LogP contribution in [0.4, 0.5) is 0 Å². The first-order chi connectivity index (χ1) is 10.3. The molecule has 3 nitrogen and oxygen atoms in total. The maximum atomic E-state index is 12.5. The van der Waals surface area contributed by atoms with Gasteiger partial charge in [0.05, 0.1) is 17.2 Å². The molecule has 0 aliphatic rings. The molecule has 0 fully saturated rings. The number of alkyl halides is 1. The van der Waals surface area contributed by atoms with E-state index in [2.05, 4.69) is 33.0 Å². The van der Waals surface area contributed by atoms with Gasteiger partial charge in [0.25, 0.3) is 5.56 Å². The molecule has 0 bridgehead atoms. The van der Waals surface area contributed by atoms with Gasteiger partial charge in [0, 0.05) is 17.8 Å². The van der Waals surface area contributed by atoms with Crippen LogP contribution in [0, 0.1) is 0 Å². The number of fused-ring (bicyclic) bond motifs is 1. The largest absolute Gasteiger partial charge is 0.298 e. The minimum Gasteiger partial charge on any atom is -0.298 e. The van der Waals surface area contributed by atoms with Gasteiger partial charge in [0.1, 0.15) is 0 Å². The summed E-state index contributed by atoms with van der Waals surface area (Å²) in [5.41, 5.74) is 1.98. The fraction of sp³-hybridized carbons (Fsp3) is 0.176. The Kier molecular flexibility index (Phi) is 4.15. The van der Waals surface area contributed by atoms with Gasteiger partial charge in [-0.15, -0.1) is 0 Å². The van der Waals surface area contributed by atoms with Crippen molar-refractivity contribution in [3.63, 3.8) is 0 Å². The Labute approximate surface area is 131 Å². The van der Waals surface area contributed by atoms with E-state index in [4.69, 9.17) is 0 Å². The second kappa shape index (κ2) is 6.22. The summed E-state index contributed by atoms with van der Waals surface area (Å²) in [6.07, 6.45) is 1.64. The molecule has 3 rings (SSSR count). The van der Waals surface area contributed by atoms with Crippen LogP contribution in [0.15, 0.2) is 65.7 Å². The molecule has 4 heteroatoms. The van der Waals surface area contributed by atoms with Gasteiger partial charge in [0.15, 0.2) is 0 Å². The molecular formula is C17H15BrN2O. The molecule has 1 aromatic heterocycles. The van der Waals surface area contributed by atoms with Crippen LogP contribution < -0.4 is 5.56 Å². The Hall–Kier alpha value is -1.94. The standard InChI is InChI=1S/C17H15BrN2O/c18-10-14(13-6-2-1-3-7-13)11-20-12-19-16-9-5-4-8-15(16)17(20)21/h1-9,12,14H,10-11H2. The molecule has 0 saturated heterocycles. The van der Waals surface area contributed by atoms with E-state index >= 15 is 0 Å². The molecule has 1 unspecified atom stereocenters. The molecule has 0 aliphatic heterocycles. The Morgan fingerprint density at radius 1 is 1.05 bits per heavy atom. The molecule has 21 heavy (non-hydrogen) atoms. The first kappa shape index (κ1) is 14.0. The van der Waals surface area contributed by atoms with Gasteiger partial charge >= 0.3 is 0 Å². The summed E-state index contributed by atoms with van der Waals surface area (Å²) in [7, 11) is 0. The first-order valence-corrected chi connectivity index (χ1v) is 7.97. The van der Waals surface area contributed by atoms with Crippen molar-refractivity contribution in [2.45, 2.75) is 12.5 Å². The zero-order chi connectivity index (χ0) is 14.7. The van der Waals surface area contributed by atoms with Crippen molar-refractivity contribution in [2.75, 3.05) is 5.33 Å². The van der Waals surface area contributed by atoms with Crippen molar-refractivity contribution in [1.29, 1.82) is 0 Å². The molecule has 0 aliphatic carbocycles. The first-order valence-electron chi connectivity index (χ1n) is 6.84. The summed E-state index contributed by atoms with van der Waals surface area (Å²) in [4.78, 5) is 16.9. The van der Waals surface area contributed by atoms with Crippen molar-refractivity contribution in [3.05, 3.63) is 76.8 Å². The van der Waals surface area contributed by atoms with Crippen molar-refractivity contribution in [1.82, 2.24) is 9.55 Å². The smallest absolute Gasteiger partial charge is 0.261 e. The summed E-state index contributed by atoms with van der Waals surface area (Å²) < 4.78 is 1.70. The Morgan fingerprint density at radius 2 is 1.76 bits per heavy atom. The van der Waals surface area contributed by atoms with E-state index in [0.717, 1.165) is 10.8 Å². The number of hydrogen-bond donors (Lipinski definition) is 0. The number of rotatable bonds is 4. The van der Waals surface area contributed by atoms with Gasteiger partial charge in [-0.1, -0.05) is 58.4 Å². The summed E-state index contributed by atoms with van der Waals surface area (Å²) in [6.45, 7) is 0.617. The molecule has 0 saturated carbocycles. The van der Waals surface area contributed by atoms with Gasteiger partial charge < -0.3 is 0 Å². The average Bonchev–Trinajstić information content (AvgIpc) is 2.55. The lowest BCUT2D eigenvalue weighted by molar-refractivity contribution is 0.584. The highest BCUT2D eigenvalue weighted by Crippen LogP contribution is 2.19. The Bertz CT molecular complexity index is 798. The zero-order valence-electron chi connectivity index (χ0n) is 11.4. The quantitative estimate of drug-likeness (QED) is 0.679. The molecule has 1 heterocycles. The molecule has 0 N–H and O–H groups in total. The van der Waals surface area contributed by atoms with E-state index in [1.807, 2.05) is 42.5 Å². The van der Waals surface area contributed by atoms with Gasteiger partial charge in [0.2, 0.25) is 0 Å².